The van der Waals surface area contributed by atoms with Gasteiger partial charge in [0, 0.05) is 24.7 Å². The molecule has 0 atom stereocenters. The van der Waals surface area contributed by atoms with Crippen LogP contribution in [0, 0.1) is 5.82 Å². The van der Waals surface area contributed by atoms with Crippen LogP contribution < -0.4 is 4.74 Å². The van der Waals surface area contributed by atoms with Gasteiger partial charge in [0.25, 0.3) is 0 Å². The van der Waals surface area contributed by atoms with Crippen LogP contribution in [0.5, 0.6) is 5.75 Å². The molecule has 0 aliphatic rings. The first kappa shape index (κ1) is 12.4. The minimum atomic E-state index is -0.380. The fraction of sp³-hybridized carbons (Fsp3) is 0.143. The molecule has 0 amide bonds. The Morgan fingerprint density at radius 3 is 2.95 bits per heavy atom. The summed E-state index contributed by atoms with van der Waals surface area (Å²) in [6.07, 6.45) is 8.92. The molecule has 20 heavy (non-hydrogen) atoms. The van der Waals surface area contributed by atoms with Crippen molar-refractivity contribution in [1.29, 1.82) is 0 Å². The maximum absolute atomic E-state index is 13.4. The largest absolute Gasteiger partial charge is 0.494 e. The lowest BCUT2D eigenvalue weighted by Crippen LogP contribution is -1.97. The number of benzene rings is 1. The van der Waals surface area contributed by atoms with Crippen LogP contribution in [0.4, 0.5) is 4.39 Å². The predicted molar refractivity (Wildman–Crippen MR) is 71.4 cm³/mol. The Morgan fingerprint density at radius 2 is 2.20 bits per heavy atom. The van der Waals surface area contributed by atoms with Gasteiger partial charge in [0.2, 0.25) is 0 Å². The van der Waals surface area contributed by atoms with E-state index in [0.29, 0.717) is 6.54 Å². The Hall–Kier alpha value is -2.63. The topological polar surface area (TPSA) is 44.9 Å². The molecular formula is C14H13FN4O. The number of hydrogen-bond acceptors (Lipinski definition) is 3. The Bertz CT molecular complexity index is 706. The highest BCUT2D eigenvalue weighted by Gasteiger charge is 2.06. The lowest BCUT2D eigenvalue weighted by molar-refractivity contribution is 0.386. The summed E-state index contributed by atoms with van der Waals surface area (Å²) >= 11 is 0. The van der Waals surface area contributed by atoms with Crippen molar-refractivity contribution < 1.29 is 9.13 Å². The van der Waals surface area contributed by atoms with Crippen molar-refractivity contribution >= 4 is 0 Å². The third-order valence-corrected chi connectivity index (χ3v) is 2.97. The molecule has 0 unspecified atom stereocenters. The smallest absolute Gasteiger partial charge is 0.165 e. The van der Waals surface area contributed by atoms with Crippen molar-refractivity contribution in [2.24, 2.45) is 0 Å². The molecule has 0 saturated carbocycles. The van der Waals surface area contributed by atoms with Gasteiger partial charge in [-0.1, -0.05) is 0 Å². The van der Waals surface area contributed by atoms with Gasteiger partial charge in [-0.15, -0.1) is 0 Å². The lowest BCUT2D eigenvalue weighted by atomic mass is 10.3. The summed E-state index contributed by atoms with van der Waals surface area (Å²) in [6.45, 7) is 0.644. The molecule has 3 aromatic rings. The number of aromatic nitrogens is 4. The number of imidazole rings is 2. The molecule has 0 spiro atoms. The molecule has 0 saturated heterocycles. The van der Waals surface area contributed by atoms with Gasteiger partial charge in [0.05, 0.1) is 37.7 Å². The average molecular weight is 272 g/mol. The number of nitrogens with zero attached hydrogens (tertiary/aromatic N) is 4. The third kappa shape index (κ3) is 2.40. The molecule has 0 radical (unpaired) electrons. The SMILES string of the molecule is COc1cc(-n2cnc(Cn3ccnc3)c2)ccc1F. The molecule has 0 aliphatic heterocycles. The monoisotopic (exact) mass is 272 g/mol. The van der Waals surface area contributed by atoms with E-state index in [2.05, 4.69) is 9.97 Å². The number of methoxy groups -OCH3 is 1. The van der Waals surface area contributed by atoms with Crippen molar-refractivity contribution in [2.75, 3.05) is 7.11 Å². The van der Waals surface area contributed by atoms with Gasteiger partial charge in [0.1, 0.15) is 0 Å². The fourth-order valence-electron chi connectivity index (χ4n) is 1.96. The minimum absolute atomic E-state index is 0.215. The summed E-state index contributed by atoms with van der Waals surface area (Å²) < 4.78 is 22.1. The van der Waals surface area contributed by atoms with Crippen LogP contribution in [0.15, 0.2) is 49.4 Å². The fourth-order valence-corrected chi connectivity index (χ4v) is 1.96. The van der Waals surface area contributed by atoms with Crippen LogP contribution in [-0.4, -0.2) is 26.2 Å². The van der Waals surface area contributed by atoms with Crippen LogP contribution in [0.2, 0.25) is 0 Å². The molecule has 5 nitrogen and oxygen atoms in total. The van der Waals surface area contributed by atoms with E-state index in [9.17, 15) is 4.39 Å². The van der Waals surface area contributed by atoms with Crippen LogP contribution in [0.1, 0.15) is 5.69 Å². The van der Waals surface area contributed by atoms with Gasteiger partial charge in [-0.05, 0) is 12.1 Å². The quantitative estimate of drug-likeness (QED) is 0.732. The van der Waals surface area contributed by atoms with Crippen LogP contribution in [0.25, 0.3) is 5.69 Å². The molecule has 1 aromatic carbocycles. The van der Waals surface area contributed by atoms with E-state index in [1.807, 2.05) is 21.5 Å². The van der Waals surface area contributed by atoms with E-state index in [-0.39, 0.29) is 11.6 Å². The summed E-state index contributed by atoms with van der Waals surface area (Å²) in [5.74, 6) is -0.164. The number of halogens is 1. The minimum Gasteiger partial charge on any atom is -0.494 e. The highest BCUT2D eigenvalue weighted by atomic mass is 19.1. The molecule has 6 heteroatoms. The molecule has 2 aromatic heterocycles. The zero-order chi connectivity index (χ0) is 13.9. The van der Waals surface area contributed by atoms with E-state index in [0.717, 1.165) is 11.4 Å². The van der Waals surface area contributed by atoms with Crippen molar-refractivity contribution in [3.05, 3.63) is 61.0 Å². The molecule has 0 N–H and O–H groups in total. The zero-order valence-electron chi connectivity index (χ0n) is 10.9. The van der Waals surface area contributed by atoms with Gasteiger partial charge in [-0.25, -0.2) is 14.4 Å². The standard InChI is InChI=1S/C14H13FN4O/c1-20-14-6-12(2-3-13(14)15)19-8-11(17-10-19)7-18-5-4-16-9-18/h2-6,8-10H,7H2,1H3. The van der Waals surface area contributed by atoms with Crippen LogP contribution >= 0.6 is 0 Å². The molecular weight excluding hydrogens is 259 g/mol. The van der Waals surface area contributed by atoms with Gasteiger partial charge in [-0.2, -0.15) is 0 Å². The van der Waals surface area contributed by atoms with Gasteiger partial charge < -0.3 is 13.9 Å². The average Bonchev–Trinajstić information content (AvgIpc) is 3.12. The molecule has 102 valence electrons. The summed E-state index contributed by atoms with van der Waals surface area (Å²) in [7, 11) is 1.45. The highest BCUT2D eigenvalue weighted by Crippen LogP contribution is 2.21. The van der Waals surface area contributed by atoms with Crippen molar-refractivity contribution in [2.45, 2.75) is 6.54 Å². The van der Waals surface area contributed by atoms with Gasteiger partial charge in [-0.3, -0.25) is 0 Å². The van der Waals surface area contributed by atoms with Crippen molar-refractivity contribution in [3.8, 4) is 11.4 Å². The summed E-state index contributed by atoms with van der Waals surface area (Å²) in [4.78, 5) is 8.31. The summed E-state index contributed by atoms with van der Waals surface area (Å²) in [5.41, 5.74) is 1.69. The first-order chi connectivity index (χ1) is 9.76. The summed E-state index contributed by atoms with van der Waals surface area (Å²) in [6, 6.07) is 4.70. The Labute approximate surface area is 115 Å². The first-order valence-corrected chi connectivity index (χ1v) is 6.09. The predicted octanol–water partition coefficient (Wildman–Crippen LogP) is 2.26. The number of hydrogen-bond donors (Lipinski definition) is 0. The lowest BCUT2D eigenvalue weighted by Gasteiger charge is -2.06. The van der Waals surface area contributed by atoms with E-state index < -0.39 is 0 Å². The molecule has 3 rings (SSSR count). The zero-order valence-corrected chi connectivity index (χ0v) is 10.9. The molecule has 2 heterocycles. The molecule has 0 bridgehead atoms. The van der Waals surface area contributed by atoms with Gasteiger partial charge >= 0.3 is 0 Å². The molecule has 0 fully saturated rings. The number of ether oxygens (including phenoxy) is 1. The van der Waals surface area contributed by atoms with E-state index in [4.69, 9.17) is 4.74 Å². The normalized spacial score (nSPS) is 10.7. The highest BCUT2D eigenvalue weighted by molar-refractivity contribution is 5.40. The second kappa shape index (κ2) is 5.16. The van der Waals surface area contributed by atoms with Crippen molar-refractivity contribution in [1.82, 2.24) is 19.1 Å². The van der Waals surface area contributed by atoms with Crippen LogP contribution in [0.3, 0.4) is 0 Å². The maximum atomic E-state index is 13.4. The third-order valence-electron chi connectivity index (χ3n) is 2.97. The van der Waals surface area contributed by atoms with E-state index in [1.54, 1.807) is 31.0 Å². The molecule has 0 aliphatic carbocycles. The van der Waals surface area contributed by atoms with Crippen molar-refractivity contribution in [3.63, 3.8) is 0 Å². The maximum Gasteiger partial charge on any atom is 0.165 e. The van der Waals surface area contributed by atoms with E-state index in [1.165, 1.54) is 13.2 Å². The van der Waals surface area contributed by atoms with E-state index >= 15 is 0 Å². The Morgan fingerprint density at radius 1 is 1.30 bits per heavy atom. The Balaban J connectivity index is 1.86. The van der Waals surface area contributed by atoms with Crippen LogP contribution in [-0.2, 0) is 6.54 Å². The Kier molecular flexibility index (Phi) is 3.20. The summed E-state index contributed by atoms with van der Waals surface area (Å²) in [5, 5.41) is 0. The second-order valence-electron chi connectivity index (χ2n) is 4.33. The first-order valence-electron chi connectivity index (χ1n) is 6.09. The number of rotatable bonds is 4. The van der Waals surface area contributed by atoms with Gasteiger partial charge in [0.15, 0.2) is 11.6 Å². The second-order valence-corrected chi connectivity index (χ2v) is 4.33.